The smallest absolute Gasteiger partial charge is 0.248 e. The average molecular weight is 382 g/mol. The second-order valence-electron chi connectivity index (χ2n) is 5.63. The molecule has 134 valence electrons. The Morgan fingerprint density at radius 3 is 2.74 bits per heavy atom. The van der Waals surface area contributed by atoms with Crippen molar-refractivity contribution in [1.82, 2.24) is 15.0 Å². The zero-order valence-electron chi connectivity index (χ0n) is 13.9. The molecule has 0 saturated carbocycles. The van der Waals surface area contributed by atoms with E-state index in [2.05, 4.69) is 20.3 Å². The van der Waals surface area contributed by atoms with Crippen molar-refractivity contribution >= 4 is 39.7 Å². The molecular weight excluding hydrogens is 369 g/mol. The van der Waals surface area contributed by atoms with Gasteiger partial charge in [-0.15, -0.1) is 0 Å². The van der Waals surface area contributed by atoms with Gasteiger partial charge in [0.05, 0.1) is 5.02 Å². The summed E-state index contributed by atoms with van der Waals surface area (Å²) < 4.78 is 19.2. The molecule has 3 N–H and O–H groups in total. The molecule has 2 heterocycles. The summed E-state index contributed by atoms with van der Waals surface area (Å²) in [7, 11) is 0. The molecule has 27 heavy (non-hydrogen) atoms. The van der Waals surface area contributed by atoms with Gasteiger partial charge < -0.3 is 15.8 Å². The van der Waals surface area contributed by atoms with Crippen LogP contribution in [0, 0.1) is 5.82 Å². The van der Waals surface area contributed by atoms with E-state index in [1.54, 1.807) is 12.3 Å². The number of fused-ring (bicyclic) bond motifs is 1. The first-order valence-electron chi connectivity index (χ1n) is 7.96. The Morgan fingerprint density at radius 2 is 1.89 bits per heavy atom. The van der Waals surface area contributed by atoms with Crippen LogP contribution in [0.1, 0.15) is 0 Å². The molecule has 0 amide bonds. The van der Waals surface area contributed by atoms with E-state index in [0.717, 1.165) is 5.39 Å². The lowest BCUT2D eigenvalue weighted by atomic mass is 10.2. The van der Waals surface area contributed by atoms with Crippen LogP contribution in [0.15, 0.2) is 61.1 Å². The summed E-state index contributed by atoms with van der Waals surface area (Å²) in [5, 5.41) is 3.90. The summed E-state index contributed by atoms with van der Waals surface area (Å²) in [4.78, 5) is 12.6. The number of anilines is 3. The Kier molecular flexibility index (Phi) is 4.43. The second kappa shape index (κ2) is 7.05. The molecule has 0 aliphatic rings. The van der Waals surface area contributed by atoms with Gasteiger partial charge in [0.25, 0.3) is 0 Å². The highest BCUT2D eigenvalue weighted by atomic mass is 35.5. The maximum absolute atomic E-state index is 13.3. The van der Waals surface area contributed by atoms with Crippen LogP contribution in [0.25, 0.3) is 10.9 Å². The number of nitrogens with zero attached hydrogens (tertiary/aromatic N) is 3. The molecule has 0 saturated heterocycles. The van der Waals surface area contributed by atoms with Gasteiger partial charge in [-0.25, -0.2) is 9.37 Å². The van der Waals surface area contributed by atoms with Crippen molar-refractivity contribution in [3.05, 3.63) is 71.9 Å². The average Bonchev–Trinajstić information content (AvgIpc) is 2.68. The summed E-state index contributed by atoms with van der Waals surface area (Å²) in [5.41, 5.74) is 7.58. The number of para-hydroxylation sites is 1. The Balaban J connectivity index is 1.66. The molecular formula is C19H13ClFN5O. The topological polar surface area (TPSA) is 86.0 Å². The minimum atomic E-state index is -0.509. The van der Waals surface area contributed by atoms with E-state index in [-0.39, 0.29) is 16.6 Å². The van der Waals surface area contributed by atoms with Gasteiger partial charge in [-0.05, 0) is 30.3 Å². The van der Waals surface area contributed by atoms with E-state index >= 15 is 0 Å². The Bertz CT molecular complexity index is 1130. The first kappa shape index (κ1) is 17.0. The minimum absolute atomic E-state index is 0.00840. The fourth-order valence-corrected chi connectivity index (χ4v) is 2.71. The number of hydrogen-bond donors (Lipinski definition) is 2. The quantitative estimate of drug-likeness (QED) is 0.521. The molecule has 2 aromatic carbocycles. The van der Waals surface area contributed by atoms with E-state index in [1.165, 1.54) is 24.5 Å². The molecule has 4 rings (SSSR count). The van der Waals surface area contributed by atoms with Crippen molar-refractivity contribution in [2.75, 3.05) is 11.1 Å². The van der Waals surface area contributed by atoms with E-state index in [1.807, 2.05) is 24.3 Å². The standard InChI is InChI=1S/C19H13ClFN5O/c20-13-9-12(6-7-14(13)21)26-18-16(22)19(25-10-24-18)27-15-5-1-3-11-4-2-8-23-17(11)15/h1-10H,22H2,(H,24,25,26). The van der Waals surface area contributed by atoms with E-state index < -0.39 is 5.82 Å². The number of halogens is 2. The lowest BCUT2D eigenvalue weighted by molar-refractivity contribution is 0.469. The molecule has 6 nitrogen and oxygen atoms in total. The summed E-state index contributed by atoms with van der Waals surface area (Å²) in [5.74, 6) is 0.509. The first-order chi connectivity index (χ1) is 13.1. The number of rotatable bonds is 4. The number of benzene rings is 2. The van der Waals surface area contributed by atoms with Crippen LogP contribution in [0.5, 0.6) is 11.6 Å². The number of pyridine rings is 1. The van der Waals surface area contributed by atoms with Gasteiger partial charge in [0.1, 0.15) is 23.3 Å². The summed E-state index contributed by atoms with van der Waals surface area (Å²) >= 11 is 5.80. The zero-order chi connectivity index (χ0) is 18.8. The van der Waals surface area contributed by atoms with Crippen molar-refractivity contribution in [1.29, 1.82) is 0 Å². The fraction of sp³-hybridized carbons (Fsp3) is 0. The highest BCUT2D eigenvalue weighted by Crippen LogP contribution is 2.34. The third-order valence-electron chi connectivity index (χ3n) is 3.83. The molecule has 2 aromatic heterocycles. The molecule has 0 fully saturated rings. The van der Waals surface area contributed by atoms with Gasteiger partial charge >= 0.3 is 0 Å². The predicted molar refractivity (Wildman–Crippen MR) is 103 cm³/mol. The molecule has 0 spiro atoms. The second-order valence-corrected chi connectivity index (χ2v) is 6.04. The van der Waals surface area contributed by atoms with Crippen LogP contribution in [-0.2, 0) is 0 Å². The van der Waals surface area contributed by atoms with Gasteiger partial charge in [0.15, 0.2) is 11.6 Å². The van der Waals surface area contributed by atoms with Crippen molar-refractivity contribution < 1.29 is 9.13 Å². The van der Waals surface area contributed by atoms with Crippen molar-refractivity contribution in [2.24, 2.45) is 0 Å². The molecule has 0 unspecified atom stereocenters. The third-order valence-corrected chi connectivity index (χ3v) is 4.12. The zero-order valence-corrected chi connectivity index (χ0v) is 14.6. The number of ether oxygens (including phenoxy) is 1. The normalized spacial score (nSPS) is 10.7. The maximum Gasteiger partial charge on any atom is 0.248 e. The number of hydrogen-bond acceptors (Lipinski definition) is 6. The molecule has 0 bridgehead atoms. The number of nitrogens with one attached hydrogen (secondary N) is 1. The van der Waals surface area contributed by atoms with Crippen LogP contribution in [-0.4, -0.2) is 15.0 Å². The van der Waals surface area contributed by atoms with Crippen LogP contribution in [0.3, 0.4) is 0 Å². The van der Waals surface area contributed by atoms with Crippen molar-refractivity contribution in [3.63, 3.8) is 0 Å². The van der Waals surface area contributed by atoms with Gasteiger partial charge in [-0.2, -0.15) is 4.98 Å². The summed E-state index contributed by atoms with van der Waals surface area (Å²) in [6.45, 7) is 0. The van der Waals surface area contributed by atoms with Crippen LogP contribution < -0.4 is 15.8 Å². The number of nitrogen functional groups attached to an aromatic ring is 1. The molecule has 8 heteroatoms. The molecule has 0 aliphatic heterocycles. The maximum atomic E-state index is 13.3. The highest BCUT2D eigenvalue weighted by molar-refractivity contribution is 6.31. The lowest BCUT2D eigenvalue weighted by Gasteiger charge is -2.13. The van der Waals surface area contributed by atoms with Gasteiger partial charge in [0.2, 0.25) is 5.88 Å². The molecule has 0 radical (unpaired) electrons. The van der Waals surface area contributed by atoms with Crippen LogP contribution >= 0.6 is 11.6 Å². The van der Waals surface area contributed by atoms with Gasteiger partial charge in [0, 0.05) is 17.3 Å². The Hall–Kier alpha value is -3.45. The largest absolute Gasteiger partial charge is 0.435 e. The first-order valence-corrected chi connectivity index (χ1v) is 8.34. The van der Waals surface area contributed by atoms with Crippen LogP contribution in [0.2, 0.25) is 5.02 Å². The van der Waals surface area contributed by atoms with E-state index in [0.29, 0.717) is 22.8 Å². The molecule has 0 aliphatic carbocycles. The van der Waals surface area contributed by atoms with Crippen molar-refractivity contribution in [3.8, 4) is 11.6 Å². The number of nitrogens with two attached hydrogens (primary N) is 1. The third kappa shape index (κ3) is 3.45. The predicted octanol–water partition coefficient (Wildman–Crippen LogP) is 4.94. The minimum Gasteiger partial charge on any atom is -0.435 e. The van der Waals surface area contributed by atoms with E-state index in [9.17, 15) is 4.39 Å². The van der Waals surface area contributed by atoms with Crippen LogP contribution in [0.4, 0.5) is 21.6 Å². The summed E-state index contributed by atoms with van der Waals surface area (Å²) in [6, 6.07) is 13.6. The van der Waals surface area contributed by atoms with Gasteiger partial charge in [-0.1, -0.05) is 29.8 Å². The number of aromatic nitrogens is 3. The summed E-state index contributed by atoms with van der Waals surface area (Å²) in [6.07, 6.45) is 3.00. The molecule has 0 atom stereocenters. The fourth-order valence-electron chi connectivity index (χ4n) is 2.53. The SMILES string of the molecule is Nc1c(Nc2ccc(F)c(Cl)c2)ncnc1Oc1cccc2cccnc12. The molecule has 4 aromatic rings. The highest BCUT2D eigenvalue weighted by Gasteiger charge is 2.13. The lowest BCUT2D eigenvalue weighted by Crippen LogP contribution is -2.03. The Morgan fingerprint density at radius 1 is 1.04 bits per heavy atom. The van der Waals surface area contributed by atoms with Gasteiger partial charge in [-0.3, -0.25) is 4.98 Å². The van der Waals surface area contributed by atoms with E-state index in [4.69, 9.17) is 22.1 Å². The van der Waals surface area contributed by atoms with Crippen molar-refractivity contribution in [2.45, 2.75) is 0 Å². The monoisotopic (exact) mass is 381 g/mol. The Labute approximate surface area is 158 Å².